The summed E-state index contributed by atoms with van der Waals surface area (Å²) in [4.78, 5) is 15.4. The van der Waals surface area contributed by atoms with Crippen molar-refractivity contribution < 1.29 is 24.5 Å². The summed E-state index contributed by atoms with van der Waals surface area (Å²) in [5.41, 5.74) is 3.51. The van der Waals surface area contributed by atoms with Crippen LogP contribution in [-0.2, 0) is 17.7 Å². The van der Waals surface area contributed by atoms with Crippen molar-refractivity contribution in [1.29, 1.82) is 0 Å². The third-order valence-corrected chi connectivity index (χ3v) is 7.33. The number of rotatable bonds is 6. The molecule has 5 rings (SSSR count). The number of carbonyl (C=O) groups excluding carboxylic acids is 1. The molecule has 2 aromatic carbocycles. The van der Waals surface area contributed by atoms with Gasteiger partial charge >= 0.3 is 0 Å². The zero-order chi connectivity index (χ0) is 23.5. The third-order valence-electron chi connectivity index (χ3n) is 7.33. The number of aromatic hydroxyl groups is 2. The van der Waals surface area contributed by atoms with Gasteiger partial charge in [-0.25, -0.2) is 0 Å². The van der Waals surface area contributed by atoms with Crippen molar-refractivity contribution in [1.82, 2.24) is 4.90 Å². The van der Waals surface area contributed by atoms with Gasteiger partial charge in [-0.15, -0.1) is 0 Å². The van der Waals surface area contributed by atoms with Gasteiger partial charge < -0.3 is 29.9 Å². The summed E-state index contributed by atoms with van der Waals surface area (Å²) in [6.45, 7) is 2.96. The average molecular weight is 467 g/mol. The summed E-state index contributed by atoms with van der Waals surface area (Å²) >= 11 is 0. The smallest absolute Gasteiger partial charge is 0.261 e. The molecular weight excluding hydrogens is 432 g/mol. The molecule has 0 unspecified atom stereocenters. The van der Waals surface area contributed by atoms with Crippen LogP contribution in [-0.4, -0.2) is 53.4 Å². The van der Waals surface area contributed by atoms with E-state index in [-0.39, 0.29) is 34.8 Å². The quantitative estimate of drug-likeness (QED) is 0.582. The van der Waals surface area contributed by atoms with Gasteiger partial charge in [0.05, 0.1) is 19.3 Å². The van der Waals surface area contributed by atoms with Crippen LogP contribution in [0.4, 0.5) is 5.69 Å². The van der Waals surface area contributed by atoms with E-state index in [1.54, 1.807) is 4.90 Å². The first-order valence-corrected chi connectivity index (χ1v) is 12.5. The number of fused-ring (bicyclic) bond motifs is 1. The highest BCUT2D eigenvalue weighted by Crippen LogP contribution is 2.37. The number of phenols is 2. The van der Waals surface area contributed by atoms with E-state index < -0.39 is 0 Å². The van der Waals surface area contributed by atoms with Crippen molar-refractivity contribution >= 4 is 11.6 Å². The summed E-state index contributed by atoms with van der Waals surface area (Å²) in [6.07, 6.45) is 7.58. The number of ether oxygens (including phenoxy) is 2. The van der Waals surface area contributed by atoms with Crippen molar-refractivity contribution in [2.45, 2.75) is 57.5 Å². The number of hydrogen-bond donors (Lipinski definition) is 3. The highest BCUT2D eigenvalue weighted by molar-refractivity contribution is 6.00. The maximum atomic E-state index is 13.6. The number of nitrogens with one attached hydrogen (secondary N) is 1. The predicted molar refractivity (Wildman–Crippen MR) is 130 cm³/mol. The maximum Gasteiger partial charge on any atom is 0.261 e. The fraction of sp³-hybridized carbons (Fsp3) is 0.519. The molecule has 2 fully saturated rings. The van der Waals surface area contributed by atoms with E-state index in [0.717, 1.165) is 43.5 Å². The Morgan fingerprint density at radius 1 is 1.15 bits per heavy atom. The molecule has 2 heterocycles. The van der Waals surface area contributed by atoms with Gasteiger partial charge in [0, 0.05) is 37.5 Å². The second-order valence-corrected chi connectivity index (χ2v) is 9.78. The van der Waals surface area contributed by atoms with E-state index in [4.69, 9.17) is 9.47 Å². The number of nitrogens with zero attached hydrogens (tertiary/aromatic N) is 1. The van der Waals surface area contributed by atoms with Crippen molar-refractivity contribution in [2.24, 2.45) is 5.92 Å². The normalized spacial score (nSPS) is 20.7. The van der Waals surface area contributed by atoms with E-state index in [1.807, 2.05) is 0 Å². The second-order valence-electron chi connectivity index (χ2n) is 9.78. The molecule has 1 atom stereocenters. The number of carbonyl (C=O) groups is 1. The largest absolute Gasteiger partial charge is 0.508 e. The molecule has 34 heavy (non-hydrogen) atoms. The summed E-state index contributed by atoms with van der Waals surface area (Å²) in [5.74, 6) is 0.0661. The lowest BCUT2D eigenvalue weighted by molar-refractivity contribution is 0.0725. The second kappa shape index (κ2) is 10.1. The topological polar surface area (TPSA) is 91.3 Å². The van der Waals surface area contributed by atoms with Crippen LogP contribution in [0.5, 0.6) is 17.2 Å². The van der Waals surface area contributed by atoms with Crippen molar-refractivity contribution in [3.8, 4) is 17.2 Å². The molecule has 0 aromatic heterocycles. The number of anilines is 1. The molecule has 1 amide bonds. The Balaban J connectivity index is 1.36. The highest BCUT2D eigenvalue weighted by Gasteiger charge is 2.29. The van der Waals surface area contributed by atoms with E-state index in [1.165, 1.54) is 37.0 Å². The van der Waals surface area contributed by atoms with Crippen LogP contribution in [0.25, 0.3) is 0 Å². The van der Waals surface area contributed by atoms with Gasteiger partial charge in [-0.3, -0.25) is 4.79 Å². The zero-order valence-corrected chi connectivity index (χ0v) is 19.6. The summed E-state index contributed by atoms with van der Waals surface area (Å²) < 4.78 is 11.5. The fourth-order valence-corrected chi connectivity index (χ4v) is 5.39. The summed E-state index contributed by atoms with van der Waals surface area (Å²) in [6, 6.07) is 9.16. The minimum Gasteiger partial charge on any atom is -0.508 e. The van der Waals surface area contributed by atoms with Crippen LogP contribution in [0.2, 0.25) is 0 Å². The Bertz CT molecular complexity index is 1030. The van der Waals surface area contributed by atoms with Gasteiger partial charge in [-0.05, 0) is 48.8 Å². The standard InChI is InChI=1S/C27H34N2O5/c30-21-13-24(31)26(25(14-21)34-16-18-5-2-1-3-6-18)27(32)29-11-9-19-7-4-8-23(22(19)15-29)28-20-10-12-33-17-20/h4,7-8,13-14,18,20,28,30-31H,1-3,5-6,9-12,15-17H2/t20-/m0/s1. The van der Waals surface area contributed by atoms with Crippen LogP contribution in [0.3, 0.4) is 0 Å². The fourth-order valence-electron chi connectivity index (χ4n) is 5.39. The van der Waals surface area contributed by atoms with Crippen LogP contribution in [0.15, 0.2) is 30.3 Å². The minimum atomic E-state index is -0.277. The van der Waals surface area contributed by atoms with Gasteiger partial charge in [-0.2, -0.15) is 0 Å². The molecule has 7 nitrogen and oxygen atoms in total. The van der Waals surface area contributed by atoms with E-state index >= 15 is 0 Å². The lowest BCUT2D eigenvalue weighted by Gasteiger charge is -2.32. The first-order chi connectivity index (χ1) is 16.6. The van der Waals surface area contributed by atoms with Crippen LogP contribution in [0, 0.1) is 5.92 Å². The third kappa shape index (κ3) is 4.94. The number of hydrogen-bond acceptors (Lipinski definition) is 6. The van der Waals surface area contributed by atoms with Crippen molar-refractivity contribution in [2.75, 3.05) is 31.7 Å². The van der Waals surface area contributed by atoms with Gasteiger partial charge in [0.2, 0.25) is 0 Å². The number of amides is 1. The van der Waals surface area contributed by atoms with Gasteiger partial charge in [0.1, 0.15) is 22.8 Å². The lowest BCUT2D eigenvalue weighted by Crippen LogP contribution is -2.37. The minimum absolute atomic E-state index is 0.109. The van der Waals surface area contributed by atoms with Gasteiger partial charge in [-0.1, -0.05) is 31.4 Å². The molecule has 1 saturated carbocycles. The molecule has 1 aliphatic carbocycles. The van der Waals surface area contributed by atoms with Crippen LogP contribution >= 0.6 is 0 Å². The summed E-state index contributed by atoms with van der Waals surface area (Å²) in [7, 11) is 0. The zero-order valence-electron chi connectivity index (χ0n) is 19.6. The number of phenolic OH excluding ortho intramolecular Hbond substituents is 2. The molecule has 2 aliphatic heterocycles. The molecule has 2 aromatic rings. The van der Waals surface area contributed by atoms with Gasteiger partial charge in [0.25, 0.3) is 5.91 Å². The maximum absolute atomic E-state index is 13.6. The SMILES string of the molecule is O=C(c1c(O)cc(O)cc1OCC1CCCCC1)N1CCc2cccc(N[C@H]3CCOC3)c2C1. The van der Waals surface area contributed by atoms with E-state index in [9.17, 15) is 15.0 Å². The predicted octanol–water partition coefficient (Wildman–Crippen LogP) is 4.46. The first-order valence-electron chi connectivity index (χ1n) is 12.5. The molecule has 1 saturated heterocycles. The van der Waals surface area contributed by atoms with Gasteiger partial charge in [0.15, 0.2) is 0 Å². The van der Waals surface area contributed by atoms with Crippen molar-refractivity contribution in [3.05, 3.63) is 47.0 Å². The van der Waals surface area contributed by atoms with Crippen LogP contribution < -0.4 is 10.1 Å². The average Bonchev–Trinajstić information content (AvgIpc) is 3.36. The molecule has 7 heteroatoms. The van der Waals surface area contributed by atoms with E-state index in [0.29, 0.717) is 32.2 Å². The Labute approximate surface area is 200 Å². The highest BCUT2D eigenvalue weighted by atomic mass is 16.5. The summed E-state index contributed by atoms with van der Waals surface area (Å²) in [5, 5.41) is 24.3. The Hall–Kier alpha value is -2.93. The Morgan fingerprint density at radius 3 is 2.79 bits per heavy atom. The number of benzene rings is 2. The molecule has 3 aliphatic rings. The Kier molecular flexibility index (Phi) is 6.81. The molecule has 3 N–H and O–H groups in total. The molecule has 0 bridgehead atoms. The van der Waals surface area contributed by atoms with Crippen molar-refractivity contribution in [3.63, 3.8) is 0 Å². The molecule has 182 valence electrons. The molecule has 0 radical (unpaired) electrons. The molecule has 0 spiro atoms. The monoisotopic (exact) mass is 466 g/mol. The van der Waals surface area contributed by atoms with Crippen LogP contribution in [0.1, 0.15) is 60.0 Å². The first kappa shape index (κ1) is 22.8. The molecular formula is C27H34N2O5. The van der Waals surface area contributed by atoms with E-state index in [2.05, 4.69) is 23.5 Å². The Morgan fingerprint density at radius 2 is 2.00 bits per heavy atom. The lowest BCUT2D eigenvalue weighted by atomic mass is 9.90.